The van der Waals surface area contributed by atoms with Crippen LogP contribution in [0.15, 0.2) is 58.4 Å². The van der Waals surface area contributed by atoms with Gasteiger partial charge in [0.2, 0.25) is 10.0 Å². The summed E-state index contributed by atoms with van der Waals surface area (Å²) in [6.07, 6.45) is 1.58. The molecule has 1 aromatic heterocycles. The third kappa shape index (κ3) is 4.35. The fraction of sp³-hybridized carbons (Fsp3) is 0.261. The van der Waals surface area contributed by atoms with E-state index in [9.17, 15) is 13.2 Å². The molecule has 0 bridgehead atoms. The fourth-order valence-corrected chi connectivity index (χ4v) is 4.81. The Bertz CT molecular complexity index is 1220. The minimum Gasteiger partial charge on any atom is -0.497 e. The average Bonchev–Trinajstić information content (AvgIpc) is 3.13. The summed E-state index contributed by atoms with van der Waals surface area (Å²) in [5.41, 5.74) is 2.19. The molecule has 1 saturated heterocycles. The van der Waals surface area contributed by atoms with E-state index in [-0.39, 0.29) is 24.8 Å². The molecule has 1 aliphatic heterocycles. The van der Waals surface area contributed by atoms with Crippen molar-refractivity contribution in [1.82, 2.24) is 9.21 Å². The van der Waals surface area contributed by atoms with Gasteiger partial charge in [-0.3, -0.25) is 4.79 Å². The maximum atomic E-state index is 13.0. The van der Waals surface area contributed by atoms with Gasteiger partial charge in [-0.2, -0.15) is 4.31 Å². The zero-order valence-corrected chi connectivity index (χ0v) is 18.3. The Kier molecular flexibility index (Phi) is 5.84. The summed E-state index contributed by atoms with van der Waals surface area (Å²) in [4.78, 5) is 14.7. The summed E-state index contributed by atoms with van der Waals surface area (Å²) in [7, 11) is -1.97. The number of carbonyl (C=O) groups excluding carboxylic acids is 1. The lowest BCUT2D eigenvalue weighted by molar-refractivity contribution is 0.0668. The highest BCUT2D eigenvalue weighted by atomic mass is 32.2. The van der Waals surface area contributed by atoms with Crippen LogP contribution in [0.3, 0.4) is 0 Å². The van der Waals surface area contributed by atoms with E-state index in [0.717, 1.165) is 16.5 Å². The van der Waals surface area contributed by atoms with Crippen molar-refractivity contribution in [1.29, 1.82) is 0 Å². The lowest BCUT2D eigenvalue weighted by Gasteiger charge is -2.33. The number of fused-ring (bicyclic) bond motifs is 1. The molecule has 0 radical (unpaired) electrons. The number of sulfonamides is 1. The normalized spacial score (nSPS) is 15.6. The predicted molar refractivity (Wildman–Crippen MR) is 119 cm³/mol. The molecule has 4 rings (SSSR count). The second-order valence-electron chi connectivity index (χ2n) is 7.37. The number of hydrogen-bond acceptors (Lipinski definition) is 5. The molecule has 7 nitrogen and oxygen atoms in total. The van der Waals surface area contributed by atoms with Crippen molar-refractivity contribution in [3.63, 3.8) is 0 Å². The second kappa shape index (κ2) is 8.56. The Labute approximate surface area is 181 Å². The number of furan rings is 1. The number of rotatable bonds is 5. The first kappa shape index (κ1) is 21.1. The summed E-state index contributed by atoms with van der Waals surface area (Å²) in [6.45, 7) is 2.92. The van der Waals surface area contributed by atoms with Gasteiger partial charge in [0.1, 0.15) is 11.3 Å². The maximum Gasteiger partial charge on any atom is 0.289 e. The van der Waals surface area contributed by atoms with Crippen LogP contribution in [0.25, 0.3) is 17.0 Å². The largest absolute Gasteiger partial charge is 0.497 e. The molecule has 1 amide bonds. The Hall–Kier alpha value is -3.10. The Morgan fingerprint density at radius 1 is 1.06 bits per heavy atom. The van der Waals surface area contributed by atoms with E-state index < -0.39 is 10.0 Å². The number of aryl methyl sites for hydroxylation is 1. The van der Waals surface area contributed by atoms with Gasteiger partial charge in [0.25, 0.3) is 5.91 Å². The van der Waals surface area contributed by atoms with E-state index in [1.807, 2.05) is 43.3 Å². The van der Waals surface area contributed by atoms with Crippen LogP contribution in [0.2, 0.25) is 0 Å². The molecule has 1 fully saturated rings. The highest BCUT2D eigenvalue weighted by molar-refractivity contribution is 7.92. The van der Waals surface area contributed by atoms with Crippen molar-refractivity contribution >= 4 is 33.0 Å². The minimum absolute atomic E-state index is 0.232. The van der Waals surface area contributed by atoms with Crippen molar-refractivity contribution in [3.8, 4) is 5.75 Å². The van der Waals surface area contributed by atoms with Crippen molar-refractivity contribution in [3.05, 3.63) is 70.8 Å². The Balaban J connectivity index is 1.45. The van der Waals surface area contributed by atoms with Crippen molar-refractivity contribution in [2.75, 3.05) is 33.3 Å². The molecular weight excluding hydrogens is 416 g/mol. The van der Waals surface area contributed by atoms with Crippen LogP contribution < -0.4 is 4.74 Å². The predicted octanol–water partition coefficient (Wildman–Crippen LogP) is 3.51. The second-order valence-corrected chi connectivity index (χ2v) is 9.19. The molecular formula is C23H24N2O5S. The maximum absolute atomic E-state index is 13.0. The molecule has 1 aliphatic rings. The first-order valence-corrected chi connectivity index (χ1v) is 11.5. The van der Waals surface area contributed by atoms with Crippen molar-refractivity contribution < 1.29 is 22.4 Å². The summed E-state index contributed by atoms with van der Waals surface area (Å²) in [5.74, 6) is 0.742. The van der Waals surface area contributed by atoms with E-state index in [1.54, 1.807) is 30.2 Å². The molecule has 162 valence electrons. The van der Waals surface area contributed by atoms with E-state index in [4.69, 9.17) is 9.15 Å². The molecule has 3 aromatic rings. The summed E-state index contributed by atoms with van der Waals surface area (Å²) in [5, 5.41) is 2.05. The van der Waals surface area contributed by atoms with E-state index in [2.05, 4.69) is 0 Å². The van der Waals surface area contributed by atoms with Crippen LogP contribution in [-0.4, -0.2) is 56.8 Å². The van der Waals surface area contributed by atoms with E-state index >= 15 is 0 Å². The number of hydrogen-bond donors (Lipinski definition) is 0. The minimum atomic E-state index is -3.55. The lowest BCUT2D eigenvalue weighted by Crippen LogP contribution is -2.50. The number of carbonyl (C=O) groups is 1. The first-order valence-electron chi connectivity index (χ1n) is 9.99. The Morgan fingerprint density at radius 3 is 2.45 bits per heavy atom. The smallest absolute Gasteiger partial charge is 0.289 e. The van der Waals surface area contributed by atoms with Crippen LogP contribution in [0.1, 0.15) is 21.7 Å². The van der Waals surface area contributed by atoms with Crippen LogP contribution >= 0.6 is 0 Å². The third-order valence-corrected chi connectivity index (χ3v) is 7.02. The number of ether oxygens (including phenoxy) is 1. The van der Waals surface area contributed by atoms with Crippen LogP contribution in [0.5, 0.6) is 5.75 Å². The van der Waals surface area contributed by atoms with Gasteiger partial charge in [-0.1, -0.05) is 30.3 Å². The molecule has 0 unspecified atom stereocenters. The number of benzene rings is 2. The summed E-state index contributed by atoms with van der Waals surface area (Å²) >= 11 is 0. The highest BCUT2D eigenvalue weighted by Gasteiger charge is 2.30. The van der Waals surface area contributed by atoms with Gasteiger partial charge in [0.05, 0.1) is 7.11 Å². The summed E-state index contributed by atoms with van der Waals surface area (Å²) in [6, 6.07) is 14.7. The molecule has 2 heterocycles. The van der Waals surface area contributed by atoms with E-state index in [0.29, 0.717) is 24.4 Å². The van der Waals surface area contributed by atoms with Crippen molar-refractivity contribution in [2.45, 2.75) is 6.92 Å². The van der Waals surface area contributed by atoms with Crippen LogP contribution in [0.4, 0.5) is 0 Å². The monoisotopic (exact) mass is 440 g/mol. The van der Waals surface area contributed by atoms with Gasteiger partial charge in [-0.25, -0.2) is 8.42 Å². The van der Waals surface area contributed by atoms with E-state index in [1.165, 1.54) is 9.71 Å². The number of amides is 1. The topological polar surface area (TPSA) is 80.1 Å². The molecule has 31 heavy (non-hydrogen) atoms. The van der Waals surface area contributed by atoms with Crippen LogP contribution in [-0.2, 0) is 10.0 Å². The quantitative estimate of drug-likeness (QED) is 0.607. The zero-order valence-electron chi connectivity index (χ0n) is 17.4. The molecule has 2 aromatic carbocycles. The van der Waals surface area contributed by atoms with Crippen molar-refractivity contribution in [2.24, 2.45) is 0 Å². The Morgan fingerprint density at radius 2 is 1.77 bits per heavy atom. The van der Waals surface area contributed by atoms with Gasteiger partial charge in [0, 0.05) is 42.5 Å². The third-order valence-electron chi connectivity index (χ3n) is 5.46. The number of nitrogens with zero attached hydrogens (tertiary/aromatic N) is 2. The van der Waals surface area contributed by atoms with Gasteiger partial charge in [-0.15, -0.1) is 0 Å². The molecule has 0 N–H and O–H groups in total. The molecule has 8 heteroatoms. The molecule has 0 aliphatic carbocycles. The highest BCUT2D eigenvalue weighted by Crippen LogP contribution is 2.29. The first-order chi connectivity index (χ1) is 14.9. The molecule has 0 saturated carbocycles. The number of methoxy groups -OCH3 is 1. The summed E-state index contributed by atoms with van der Waals surface area (Å²) < 4.78 is 37.7. The van der Waals surface area contributed by atoms with Gasteiger partial charge in [0.15, 0.2) is 5.76 Å². The zero-order chi connectivity index (χ0) is 22.0. The van der Waals surface area contributed by atoms with Gasteiger partial charge >= 0.3 is 0 Å². The van der Waals surface area contributed by atoms with Crippen LogP contribution in [0, 0.1) is 6.92 Å². The average molecular weight is 441 g/mol. The lowest BCUT2D eigenvalue weighted by atomic mass is 10.1. The molecule has 0 atom stereocenters. The molecule has 0 spiro atoms. The standard InChI is InChI=1S/C23H24N2O5S/c1-17-20-16-19(29-2)8-9-21(20)30-22(17)23(26)24-11-13-25(14-12-24)31(27,28)15-10-18-6-4-3-5-7-18/h3-10,15-16H,11-14H2,1-2H3/b15-10+. The number of piperazine rings is 1. The fourth-order valence-electron chi connectivity index (χ4n) is 3.64. The van der Waals surface area contributed by atoms with Gasteiger partial charge < -0.3 is 14.1 Å². The SMILES string of the molecule is COc1ccc2oc(C(=O)N3CCN(S(=O)(=O)/C=C/c4ccccc4)CC3)c(C)c2c1. The van der Waals surface area contributed by atoms with Gasteiger partial charge in [-0.05, 0) is 36.8 Å².